The largest absolute Gasteiger partial charge is 0.351 e. The number of aromatic nitrogens is 6. The minimum absolute atomic E-state index is 0.0292. The number of hydrogen-bond acceptors (Lipinski definition) is 7. The zero-order valence-corrected chi connectivity index (χ0v) is 16.1. The van der Waals surface area contributed by atoms with Gasteiger partial charge in [-0.25, -0.2) is 27.9 Å². The molecule has 10 nitrogen and oxygen atoms in total. The number of fused-ring (bicyclic) bond motifs is 2. The van der Waals surface area contributed by atoms with E-state index in [9.17, 15) is 18.8 Å². The number of aryl methyl sites for hydroxylation is 1. The van der Waals surface area contributed by atoms with Gasteiger partial charge in [-0.2, -0.15) is 4.98 Å². The van der Waals surface area contributed by atoms with Crippen molar-refractivity contribution >= 4 is 21.6 Å². The SMILES string of the molecule is Cc1nc(Cn2c(=O)sc3cc(F)c(-n4c(=O)n5n(c4=O)CCCC5)cc32)no1. The molecule has 150 valence electrons. The molecule has 5 rings (SSSR count). The smallest absolute Gasteiger partial charge is 0.340 e. The Morgan fingerprint density at radius 1 is 1.14 bits per heavy atom. The molecule has 0 atom stereocenters. The summed E-state index contributed by atoms with van der Waals surface area (Å²) in [5.74, 6) is -0.0888. The van der Waals surface area contributed by atoms with Gasteiger partial charge in [0, 0.05) is 20.0 Å². The molecule has 29 heavy (non-hydrogen) atoms. The van der Waals surface area contributed by atoms with E-state index >= 15 is 0 Å². The van der Waals surface area contributed by atoms with E-state index < -0.39 is 17.2 Å². The van der Waals surface area contributed by atoms with Gasteiger partial charge in [0.25, 0.3) is 0 Å². The topological polar surface area (TPSA) is 110 Å². The number of hydrogen-bond donors (Lipinski definition) is 0. The Hall–Kier alpha value is -3.28. The average Bonchev–Trinajstić information content (AvgIpc) is 3.32. The van der Waals surface area contributed by atoms with Gasteiger partial charge in [-0.3, -0.25) is 9.36 Å². The van der Waals surface area contributed by atoms with Gasteiger partial charge in [0.05, 0.1) is 22.4 Å². The number of thiazole rings is 1. The van der Waals surface area contributed by atoms with Gasteiger partial charge in [0.2, 0.25) is 5.89 Å². The van der Waals surface area contributed by atoms with Gasteiger partial charge in [-0.05, 0) is 25.0 Å². The second-order valence-electron chi connectivity index (χ2n) is 6.81. The van der Waals surface area contributed by atoms with Crippen LogP contribution >= 0.6 is 11.3 Å². The fourth-order valence-corrected chi connectivity index (χ4v) is 4.52. The van der Waals surface area contributed by atoms with E-state index in [1.165, 1.54) is 26.1 Å². The summed E-state index contributed by atoms with van der Waals surface area (Å²) in [5.41, 5.74) is -0.978. The molecule has 0 saturated carbocycles. The Bertz CT molecular complexity index is 1400. The summed E-state index contributed by atoms with van der Waals surface area (Å²) < 4.78 is 25.0. The predicted octanol–water partition coefficient (Wildman–Crippen LogP) is 0.850. The molecule has 0 saturated heterocycles. The van der Waals surface area contributed by atoms with Crippen molar-refractivity contribution in [2.75, 3.05) is 0 Å². The highest BCUT2D eigenvalue weighted by Crippen LogP contribution is 2.24. The normalized spacial score (nSPS) is 13.9. The predicted molar refractivity (Wildman–Crippen MR) is 101 cm³/mol. The molecule has 4 aromatic rings. The Kier molecular flexibility index (Phi) is 3.91. The molecule has 0 aliphatic carbocycles. The Labute approximate surface area is 165 Å². The second kappa shape index (κ2) is 6.37. The maximum absolute atomic E-state index is 14.8. The fourth-order valence-electron chi connectivity index (χ4n) is 3.62. The summed E-state index contributed by atoms with van der Waals surface area (Å²) in [6.07, 6.45) is 1.55. The van der Waals surface area contributed by atoms with Crippen molar-refractivity contribution in [3.63, 3.8) is 0 Å². The third kappa shape index (κ3) is 2.70. The molecule has 12 heteroatoms. The minimum atomic E-state index is -0.746. The zero-order chi connectivity index (χ0) is 20.3. The van der Waals surface area contributed by atoms with Crippen LogP contribution in [0.2, 0.25) is 0 Å². The quantitative estimate of drug-likeness (QED) is 0.488. The van der Waals surface area contributed by atoms with Crippen LogP contribution in [0.1, 0.15) is 24.6 Å². The molecule has 0 N–H and O–H groups in total. The van der Waals surface area contributed by atoms with Crippen LogP contribution < -0.4 is 16.3 Å². The van der Waals surface area contributed by atoms with E-state index in [4.69, 9.17) is 4.52 Å². The van der Waals surface area contributed by atoms with Crippen LogP contribution in [-0.2, 0) is 19.6 Å². The molecule has 1 aliphatic rings. The second-order valence-corrected chi connectivity index (χ2v) is 7.80. The molecule has 0 radical (unpaired) electrons. The highest BCUT2D eigenvalue weighted by atomic mass is 32.1. The number of rotatable bonds is 3. The summed E-state index contributed by atoms with van der Waals surface area (Å²) in [7, 11) is 0. The van der Waals surface area contributed by atoms with E-state index in [1.54, 1.807) is 6.92 Å². The van der Waals surface area contributed by atoms with Gasteiger partial charge in [-0.15, -0.1) is 0 Å². The van der Waals surface area contributed by atoms with Crippen LogP contribution in [0.15, 0.2) is 31.0 Å². The van der Waals surface area contributed by atoms with Crippen molar-refractivity contribution in [3.05, 3.63) is 60.3 Å². The van der Waals surface area contributed by atoms with Crippen LogP contribution in [0.4, 0.5) is 4.39 Å². The minimum Gasteiger partial charge on any atom is -0.340 e. The van der Waals surface area contributed by atoms with Crippen molar-refractivity contribution in [2.24, 2.45) is 0 Å². The summed E-state index contributed by atoms with van der Waals surface area (Å²) in [5, 5.41) is 3.78. The zero-order valence-electron chi connectivity index (χ0n) is 15.3. The van der Waals surface area contributed by atoms with Crippen LogP contribution in [-0.4, -0.2) is 28.6 Å². The summed E-state index contributed by atoms with van der Waals surface area (Å²) in [4.78, 5) is 41.7. The molecule has 0 bridgehead atoms. The first-order chi connectivity index (χ1) is 13.9. The van der Waals surface area contributed by atoms with Crippen molar-refractivity contribution in [2.45, 2.75) is 39.4 Å². The molecule has 3 aromatic heterocycles. The molecule has 1 aliphatic heterocycles. The highest BCUT2D eigenvalue weighted by molar-refractivity contribution is 7.16. The Balaban J connectivity index is 1.72. The molecule has 0 amide bonds. The lowest BCUT2D eigenvalue weighted by molar-refractivity contribution is 0.348. The number of nitrogens with zero attached hydrogens (tertiary/aromatic N) is 6. The van der Waals surface area contributed by atoms with Crippen molar-refractivity contribution in [1.29, 1.82) is 0 Å². The molecule has 0 fully saturated rings. The summed E-state index contributed by atoms with van der Waals surface area (Å²) >= 11 is 0.864. The molecular formula is C17H15FN6O4S. The van der Waals surface area contributed by atoms with Crippen molar-refractivity contribution < 1.29 is 8.91 Å². The van der Waals surface area contributed by atoms with E-state index in [1.807, 2.05) is 0 Å². The standard InChI is InChI=1S/C17H15FN6O4S/c1-9-19-14(20-28-9)8-21-12-7-11(10(18)6-13(12)29-17(21)27)24-15(25)22-4-2-3-5-23(22)16(24)26/h6-7H,2-5,8H2,1H3. The van der Waals surface area contributed by atoms with Crippen LogP contribution in [0.3, 0.4) is 0 Å². The lowest BCUT2D eigenvalue weighted by Gasteiger charge is -2.13. The third-order valence-corrected chi connectivity index (χ3v) is 5.89. The first-order valence-electron chi connectivity index (χ1n) is 8.99. The number of halogens is 1. The van der Waals surface area contributed by atoms with E-state index in [0.29, 0.717) is 35.0 Å². The van der Waals surface area contributed by atoms with Crippen molar-refractivity contribution in [3.8, 4) is 5.69 Å². The molecular weight excluding hydrogens is 403 g/mol. The lowest BCUT2D eigenvalue weighted by atomic mass is 10.2. The summed E-state index contributed by atoms with van der Waals surface area (Å²) in [6.45, 7) is 2.48. The molecule has 4 heterocycles. The maximum atomic E-state index is 14.8. The molecule has 0 unspecified atom stereocenters. The highest BCUT2D eigenvalue weighted by Gasteiger charge is 2.23. The van der Waals surface area contributed by atoms with Gasteiger partial charge >= 0.3 is 16.3 Å². The maximum Gasteiger partial charge on any atom is 0.351 e. The summed E-state index contributed by atoms with van der Waals surface area (Å²) in [6, 6.07) is 2.52. The molecule has 1 aromatic carbocycles. The van der Waals surface area contributed by atoms with E-state index in [-0.39, 0.29) is 17.1 Å². The van der Waals surface area contributed by atoms with E-state index in [2.05, 4.69) is 10.1 Å². The first-order valence-corrected chi connectivity index (χ1v) is 9.81. The number of benzene rings is 1. The van der Waals surface area contributed by atoms with Crippen LogP contribution in [0.5, 0.6) is 0 Å². The Morgan fingerprint density at radius 2 is 1.83 bits per heavy atom. The fraction of sp³-hybridized carbons (Fsp3) is 0.353. The average molecular weight is 418 g/mol. The lowest BCUT2D eigenvalue weighted by Crippen LogP contribution is -2.30. The van der Waals surface area contributed by atoms with Crippen LogP contribution in [0, 0.1) is 12.7 Å². The van der Waals surface area contributed by atoms with Gasteiger partial charge in [0.15, 0.2) is 5.82 Å². The van der Waals surface area contributed by atoms with Crippen LogP contribution in [0.25, 0.3) is 15.9 Å². The Morgan fingerprint density at radius 3 is 2.45 bits per heavy atom. The van der Waals surface area contributed by atoms with Crippen molar-refractivity contribution in [1.82, 2.24) is 28.6 Å². The molecule has 0 spiro atoms. The monoisotopic (exact) mass is 418 g/mol. The first kappa shape index (κ1) is 17.8. The van der Waals surface area contributed by atoms with Gasteiger partial charge in [-0.1, -0.05) is 16.5 Å². The third-order valence-electron chi connectivity index (χ3n) is 4.95. The van der Waals surface area contributed by atoms with Gasteiger partial charge < -0.3 is 4.52 Å². The van der Waals surface area contributed by atoms with E-state index in [0.717, 1.165) is 28.7 Å². The van der Waals surface area contributed by atoms with Gasteiger partial charge in [0.1, 0.15) is 5.82 Å².